The van der Waals surface area contributed by atoms with E-state index in [2.05, 4.69) is 40.1 Å². The minimum absolute atomic E-state index is 0.210. The van der Waals surface area contributed by atoms with Gasteiger partial charge in [0.15, 0.2) is 0 Å². The zero-order valence-electron chi connectivity index (χ0n) is 17.5. The van der Waals surface area contributed by atoms with Crippen LogP contribution in [0.3, 0.4) is 0 Å². The maximum atomic E-state index is 13.0. The quantitative estimate of drug-likeness (QED) is 0.781. The molecule has 29 heavy (non-hydrogen) atoms. The molecule has 1 unspecified atom stereocenters. The number of anilines is 1. The Balaban J connectivity index is 1.34. The molecule has 2 aromatic carbocycles. The van der Waals surface area contributed by atoms with E-state index in [1.54, 1.807) is 7.11 Å². The predicted molar refractivity (Wildman–Crippen MR) is 117 cm³/mol. The maximum absolute atomic E-state index is 13.0. The van der Waals surface area contributed by atoms with Crippen LogP contribution in [0.4, 0.5) is 5.69 Å². The number of para-hydroxylation sites is 2. The molecule has 1 aliphatic heterocycles. The standard InChI is InChI=1S/C24H31N3O2/c1-25(21-12-7-9-19-8-3-4-10-20(19)21)24(28)18-26-14-16-27(17-15-26)22-11-5-6-13-23(22)29-2/h3-6,8,10-11,13,21H,7,9,12,14-18H2,1-2H3. The van der Waals surface area contributed by atoms with Crippen molar-refractivity contribution >= 4 is 11.6 Å². The van der Waals surface area contributed by atoms with Gasteiger partial charge in [-0.1, -0.05) is 36.4 Å². The van der Waals surface area contributed by atoms with Crippen LogP contribution in [0.1, 0.15) is 30.0 Å². The van der Waals surface area contributed by atoms with Crippen molar-refractivity contribution in [2.45, 2.75) is 25.3 Å². The summed E-state index contributed by atoms with van der Waals surface area (Å²) >= 11 is 0. The van der Waals surface area contributed by atoms with E-state index in [4.69, 9.17) is 4.74 Å². The molecule has 1 atom stereocenters. The number of piperazine rings is 1. The van der Waals surface area contributed by atoms with Gasteiger partial charge in [0.2, 0.25) is 5.91 Å². The van der Waals surface area contributed by atoms with E-state index in [1.165, 1.54) is 11.1 Å². The molecule has 1 heterocycles. The van der Waals surface area contributed by atoms with Crippen molar-refractivity contribution in [1.29, 1.82) is 0 Å². The number of carbonyl (C=O) groups is 1. The first-order valence-corrected chi connectivity index (χ1v) is 10.6. The predicted octanol–water partition coefficient (Wildman–Crippen LogP) is 3.35. The highest BCUT2D eigenvalue weighted by atomic mass is 16.5. The lowest BCUT2D eigenvalue weighted by Gasteiger charge is -2.38. The third-order valence-corrected chi connectivity index (χ3v) is 6.36. The number of amides is 1. The Morgan fingerprint density at radius 2 is 1.79 bits per heavy atom. The molecule has 5 heteroatoms. The van der Waals surface area contributed by atoms with Gasteiger partial charge in [-0.15, -0.1) is 0 Å². The van der Waals surface area contributed by atoms with Crippen molar-refractivity contribution in [3.8, 4) is 5.75 Å². The van der Waals surface area contributed by atoms with Crippen molar-refractivity contribution in [3.63, 3.8) is 0 Å². The Morgan fingerprint density at radius 1 is 1.07 bits per heavy atom. The molecule has 1 amide bonds. The molecule has 0 aromatic heterocycles. The molecule has 154 valence electrons. The van der Waals surface area contributed by atoms with Gasteiger partial charge >= 0.3 is 0 Å². The van der Waals surface area contributed by atoms with Crippen LogP contribution in [0.25, 0.3) is 0 Å². The lowest BCUT2D eigenvalue weighted by molar-refractivity contribution is -0.133. The highest BCUT2D eigenvalue weighted by molar-refractivity contribution is 5.78. The molecule has 1 saturated heterocycles. The molecular weight excluding hydrogens is 362 g/mol. The van der Waals surface area contributed by atoms with Crippen LogP contribution < -0.4 is 9.64 Å². The first kappa shape index (κ1) is 19.8. The lowest BCUT2D eigenvalue weighted by atomic mass is 9.87. The van der Waals surface area contributed by atoms with E-state index in [0.29, 0.717) is 6.54 Å². The average Bonchev–Trinajstić information content (AvgIpc) is 2.78. The highest BCUT2D eigenvalue weighted by Gasteiger charge is 2.28. The Hall–Kier alpha value is -2.53. The van der Waals surface area contributed by atoms with Gasteiger partial charge in [0.25, 0.3) is 0 Å². The van der Waals surface area contributed by atoms with Gasteiger partial charge in [0, 0.05) is 33.2 Å². The van der Waals surface area contributed by atoms with Gasteiger partial charge in [-0.2, -0.15) is 0 Å². The zero-order valence-corrected chi connectivity index (χ0v) is 17.5. The van der Waals surface area contributed by atoms with Gasteiger partial charge in [0.05, 0.1) is 25.4 Å². The Labute approximate surface area is 173 Å². The van der Waals surface area contributed by atoms with E-state index in [0.717, 1.165) is 56.9 Å². The van der Waals surface area contributed by atoms with Gasteiger partial charge in [-0.3, -0.25) is 9.69 Å². The fraction of sp³-hybridized carbons (Fsp3) is 0.458. The molecule has 2 aliphatic rings. The number of carbonyl (C=O) groups excluding carboxylic acids is 1. The third kappa shape index (κ3) is 4.25. The number of benzene rings is 2. The van der Waals surface area contributed by atoms with Crippen LogP contribution in [0.2, 0.25) is 0 Å². The normalized spacial score (nSPS) is 19.5. The van der Waals surface area contributed by atoms with Crippen LogP contribution >= 0.6 is 0 Å². The summed E-state index contributed by atoms with van der Waals surface area (Å²) in [6.07, 6.45) is 3.33. The van der Waals surface area contributed by atoms with Crippen LogP contribution in [0, 0.1) is 0 Å². The molecule has 0 N–H and O–H groups in total. The second-order valence-corrected chi connectivity index (χ2v) is 8.05. The SMILES string of the molecule is COc1ccccc1N1CCN(CC(=O)N(C)C2CCCc3ccccc32)CC1. The summed E-state index contributed by atoms with van der Waals surface area (Å²) in [5.41, 5.74) is 3.86. The van der Waals surface area contributed by atoms with E-state index in [1.807, 2.05) is 30.1 Å². The van der Waals surface area contributed by atoms with Crippen LogP contribution in [-0.4, -0.2) is 62.6 Å². The first-order valence-electron chi connectivity index (χ1n) is 10.6. The second-order valence-electron chi connectivity index (χ2n) is 8.05. The van der Waals surface area contributed by atoms with E-state index < -0.39 is 0 Å². The third-order valence-electron chi connectivity index (χ3n) is 6.36. The number of hydrogen-bond acceptors (Lipinski definition) is 4. The van der Waals surface area contributed by atoms with E-state index in [9.17, 15) is 4.79 Å². The topological polar surface area (TPSA) is 36.0 Å². The van der Waals surface area contributed by atoms with Crippen molar-refractivity contribution < 1.29 is 9.53 Å². The molecule has 0 radical (unpaired) electrons. The number of aryl methyl sites for hydroxylation is 1. The largest absolute Gasteiger partial charge is 0.495 e. The number of hydrogen-bond donors (Lipinski definition) is 0. The molecule has 4 rings (SSSR count). The number of fused-ring (bicyclic) bond motifs is 1. The summed E-state index contributed by atoms with van der Waals surface area (Å²) in [6, 6.07) is 16.9. The summed E-state index contributed by atoms with van der Waals surface area (Å²) in [5, 5.41) is 0. The summed E-state index contributed by atoms with van der Waals surface area (Å²) < 4.78 is 5.50. The summed E-state index contributed by atoms with van der Waals surface area (Å²) in [4.78, 5) is 19.6. The molecule has 2 aromatic rings. The van der Waals surface area contributed by atoms with Crippen LogP contribution in [-0.2, 0) is 11.2 Å². The van der Waals surface area contributed by atoms with Crippen LogP contribution in [0.15, 0.2) is 48.5 Å². The number of rotatable bonds is 5. The van der Waals surface area contributed by atoms with Crippen molar-refractivity contribution in [1.82, 2.24) is 9.80 Å². The van der Waals surface area contributed by atoms with E-state index in [-0.39, 0.29) is 11.9 Å². The highest BCUT2D eigenvalue weighted by Crippen LogP contribution is 2.33. The number of likely N-dealkylation sites (N-methyl/N-ethyl adjacent to an activating group) is 1. The Bertz CT molecular complexity index is 846. The molecule has 0 spiro atoms. The molecule has 0 bridgehead atoms. The van der Waals surface area contributed by atoms with Crippen molar-refractivity contribution in [2.24, 2.45) is 0 Å². The van der Waals surface area contributed by atoms with Crippen LogP contribution in [0.5, 0.6) is 5.75 Å². The van der Waals surface area contributed by atoms with Crippen molar-refractivity contribution in [3.05, 3.63) is 59.7 Å². The Morgan fingerprint density at radius 3 is 2.59 bits per heavy atom. The molecule has 1 fully saturated rings. The van der Waals surface area contributed by atoms with Gasteiger partial charge < -0.3 is 14.5 Å². The number of ether oxygens (including phenoxy) is 1. The number of methoxy groups -OCH3 is 1. The molecule has 1 aliphatic carbocycles. The van der Waals surface area contributed by atoms with Crippen molar-refractivity contribution in [2.75, 3.05) is 51.8 Å². The monoisotopic (exact) mass is 393 g/mol. The second kappa shape index (κ2) is 8.87. The fourth-order valence-corrected chi connectivity index (χ4v) is 4.65. The first-order chi connectivity index (χ1) is 14.2. The smallest absolute Gasteiger partial charge is 0.237 e. The minimum atomic E-state index is 0.210. The lowest BCUT2D eigenvalue weighted by Crippen LogP contribution is -2.50. The van der Waals surface area contributed by atoms with Gasteiger partial charge in [-0.25, -0.2) is 0 Å². The van der Waals surface area contributed by atoms with Gasteiger partial charge in [-0.05, 0) is 42.5 Å². The average molecular weight is 394 g/mol. The molecular formula is C24H31N3O2. The molecule has 0 saturated carbocycles. The summed E-state index contributed by atoms with van der Waals surface area (Å²) in [6.45, 7) is 4.08. The minimum Gasteiger partial charge on any atom is -0.495 e. The summed E-state index contributed by atoms with van der Waals surface area (Å²) in [7, 11) is 3.69. The van der Waals surface area contributed by atoms with E-state index >= 15 is 0 Å². The van der Waals surface area contributed by atoms with Gasteiger partial charge in [0.1, 0.15) is 5.75 Å². The Kier molecular flexibility index (Phi) is 6.05. The maximum Gasteiger partial charge on any atom is 0.237 e. The zero-order chi connectivity index (χ0) is 20.2. The summed E-state index contributed by atoms with van der Waals surface area (Å²) in [5.74, 6) is 1.13. The molecule has 5 nitrogen and oxygen atoms in total. The fourth-order valence-electron chi connectivity index (χ4n) is 4.65. The number of nitrogens with zero attached hydrogens (tertiary/aromatic N) is 3.